The molecule has 0 saturated carbocycles. The lowest BCUT2D eigenvalue weighted by Gasteiger charge is -2.35. The molecule has 0 bridgehead atoms. The highest BCUT2D eigenvalue weighted by molar-refractivity contribution is 6.31. The number of nitrogens with zero attached hydrogens (tertiary/aromatic N) is 1. The first-order chi connectivity index (χ1) is 8.09. The zero-order chi connectivity index (χ0) is 12.4. The number of benzene rings is 1. The molecule has 1 aromatic carbocycles. The second kappa shape index (κ2) is 6.36. The summed E-state index contributed by atoms with van der Waals surface area (Å²) in [6.45, 7) is 1.60. The van der Waals surface area contributed by atoms with Crippen LogP contribution < -0.4 is 5.32 Å². The standard InChI is InChI=1S/C12H14ClFN2O.ClH/c1-16(8-6-15-7-8)12(17)5-9-10(13)3-2-4-11(9)14;/h2-4,8,15H,5-7H2,1H3;1H. The van der Waals surface area contributed by atoms with E-state index in [9.17, 15) is 9.18 Å². The molecule has 18 heavy (non-hydrogen) atoms. The van der Waals surface area contributed by atoms with Crippen LogP contribution in [0.25, 0.3) is 0 Å². The van der Waals surface area contributed by atoms with Crippen molar-refractivity contribution in [2.45, 2.75) is 12.5 Å². The predicted octanol–water partition coefficient (Wildman–Crippen LogP) is 1.87. The Hall–Kier alpha value is -0.840. The molecule has 1 saturated heterocycles. The van der Waals surface area contributed by atoms with Crippen molar-refractivity contribution in [3.8, 4) is 0 Å². The van der Waals surface area contributed by atoms with Gasteiger partial charge in [-0.3, -0.25) is 4.79 Å². The SMILES string of the molecule is CN(C(=O)Cc1c(F)cccc1Cl)C1CNC1.Cl. The molecule has 0 unspecified atom stereocenters. The number of carbonyl (C=O) groups is 1. The van der Waals surface area contributed by atoms with Gasteiger partial charge in [0.25, 0.3) is 0 Å². The maximum absolute atomic E-state index is 13.5. The second-order valence-electron chi connectivity index (χ2n) is 4.19. The predicted molar refractivity (Wildman–Crippen MR) is 71.8 cm³/mol. The first-order valence-corrected chi connectivity index (χ1v) is 5.86. The van der Waals surface area contributed by atoms with E-state index in [4.69, 9.17) is 11.6 Å². The minimum absolute atomic E-state index is 0. The molecule has 3 nitrogen and oxygen atoms in total. The fraction of sp³-hybridized carbons (Fsp3) is 0.417. The molecule has 1 aliphatic rings. The van der Waals surface area contributed by atoms with Gasteiger partial charge in [0.05, 0.1) is 12.5 Å². The summed E-state index contributed by atoms with van der Waals surface area (Å²) < 4.78 is 13.5. The Morgan fingerprint density at radius 2 is 2.22 bits per heavy atom. The number of halogens is 3. The van der Waals surface area contributed by atoms with E-state index < -0.39 is 5.82 Å². The van der Waals surface area contributed by atoms with Gasteiger partial charge in [-0.05, 0) is 12.1 Å². The van der Waals surface area contributed by atoms with Crippen molar-refractivity contribution in [2.24, 2.45) is 0 Å². The van der Waals surface area contributed by atoms with Gasteiger partial charge in [-0.15, -0.1) is 12.4 Å². The Balaban J connectivity index is 0.00000162. The van der Waals surface area contributed by atoms with E-state index in [0.29, 0.717) is 5.02 Å². The molecule has 1 amide bonds. The van der Waals surface area contributed by atoms with Crippen molar-refractivity contribution in [2.75, 3.05) is 20.1 Å². The molecular formula is C12H15Cl2FN2O. The summed E-state index contributed by atoms with van der Waals surface area (Å²) in [6, 6.07) is 4.66. The quantitative estimate of drug-likeness (QED) is 0.923. The van der Waals surface area contributed by atoms with Gasteiger partial charge in [-0.25, -0.2) is 4.39 Å². The Kier molecular flexibility index (Phi) is 5.38. The third-order valence-electron chi connectivity index (χ3n) is 3.09. The second-order valence-corrected chi connectivity index (χ2v) is 4.60. The summed E-state index contributed by atoms with van der Waals surface area (Å²) in [6.07, 6.45) is 0.0124. The van der Waals surface area contributed by atoms with Crippen molar-refractivity contribution in [3.63, 3.8) is 0 Å². The molecule has 0 aliphatic carbocycles. The number of rotatable bonds is 3. The normalized spacial score (nSPS) is 14.6. The van der Waals surface area contributed by atoms with Gasteiger partial charge in [-0.2, -0.15) is 0 Å². The smallest absolute Gasteiger partial charge is 0.227 e. The highest BCUT2D eigenvalue weighted by Gasteiger charge is 2.26. The molecule has 0 aromatic heterocycles. The lowest BCUT2D eigenvalue weighted by atomic mass is 10.1. The molecule has 1 fully saturated rings. The number of amides is 1. The summed E-state index contributed by atoms with van der Waals surface area (Å²) in [4.78, 5) is 13.6. The van der Waals surface area contributed by atoms with Gasteiger partial charge < -0.3 is 10.2 Å². The number of hydrogen-bond donors (Lipinski definition) is 1. The van der Waals surface area contributed by atoms with Crippen molar-refractivity contribution in [1.82, 2.24) is 10.2 Å². The molecule has 0 radical (unpaired) electrons. The van der Waals surface area contributed by atoms with Crippen LogP contribution in [0, 0.1) is 5.82 Å². The van der Waals surface area contributed by atoms with Gasteiger partial charge in [0, 0.05) is 30.7 Å². The first kappa shape index (κ1) is 15.2. The van der Waals surface area contributed by atoms with E-state index in [-0.39, 0.29) is 36.3 Å². The Morgan fingerprint density at radius 3 is 2.72 bits per heavy atom. The highest BCUT2D eigenvalue weighted by Crippen LogP contribution is 2.20. The number of carbonyl (C=O) groups excluding carboxylic acids is 1. The molecule has 0 atom stereocenters. The molecule has 0 spiro atoms. The van der Waals surface area contributed by atoms with Gasteiger partial charge in [0.15, 0.2) is 0 Å². The van der Waals surface area contributed by atoms with E-state index in [0.717, 1.165) is 13.1 Å². The fourth-order valence-electron chi connectivity index (χ4n) is 1.73. The van der Waals surface area contributed by atoms with Gasteiger partial charge >= 0.3 is 0 Å². The number of likely N-dealkylation sites (N-methyl/N-ethyl adjacent to an activating group) is 1. The van der Waals surface area contributed by atoms with Crippen LogP contribution in [-0.2, 0) is 11.2 Å². The van der Waals surface area contributed by atoms with Crippen molar-refractivity contribution in [3.05, 3.63) is 34.6 Å². The van der Waals surface area contributed by atoms with Crippen LogP contribution in [0.4, 0.5) is 4.39 Å². The van der Waals surface area contributed by atoms with Crippen LogP contribution in [-0.4, -0.2) is 37.0 Å². The molecule has 6 heteroatoms. The van der Waals surface area contributed by atoms with Crippen LogP contribution in [0.1, 0.15) is 5.56 Å². The van der Waals surface area contributed by atoms with E-state index >= 15 is 0 Å². The van der Waals surface area contributed by atoms with Gasteiger partial charge in [-0.1, -0.05) is 17.7 Å². The number of hydrogen-bond acceptors (Lipinski definition) is 2. The van der Waals surface area contributed by atoms with Crippen LogP contribution in [0.2, 0.25) is 5.02 Å². The van der Waals surface area contributed by atoms with Gasteiger partial charge in [0.2, 0.25) is 5.91 Å². The monoisotopic (exact) mass is 292 g/mol. The molecule has 100 valence electrons. The van der Waals surface area contributed by atoms with Crippen LogP contribution in [0.5, 0.6) is 0 Å². The average molecular weight is 293 g/mol. The van der Waals surface area contributed by atoms with Crippen molar-refractivity contribution >= 4 is 29.9 Å². The van der Waals surface area contributed by atoms with E-state index in [1.165, 1.54) is 12.1 Å². The lowest BCUT2D eigenvalue weighted by Crippen LogP contribution is -2.57. The zero-order valence-electron chi connectivity index (χ0n) is 9.95. The molecule has 2 rings (SSSR count). The summed E-state index contributed by atoms with van der Waals surface area (Å²) in [5, 5.41) is 3.39. The highest BCUT2D eigenvalue weighted by atomic mass is 35.5. The third kappa shape index (κ3) is 3.13. The van der Waals surface area contributed by atoms with Crippen molar-refractivity contribution < 1.29 is 9.18 Å². The minimum Gasteiger partial charge on any atom is -0.340 e. The van der Waals surface area contributed by atoms with E-state index in [2.05, 4.69) is 5.32 Å². The Labute approximate surface area is 117 Å². The Bertz CT molecular complexity index is 418. The molecule has 1 N–H and O–H groups in total. The fourth-order valence-corrected chi connectivity index (χ4v) is 1.96. The number of nitrogens with one attached hydrogen (secondary N) is 1. The Morgan fingerprint density at radius 1 is 1.56 bits per heavy atom. The third-order valence-corrected chi connectivity index (χ3v) is 3.44. The molecule has 1 heterocycles. The van der Waals surface area contributed by atoms with Crippen molar-refractivity contribution in [1.29, 1.82) is 0 Å². The molecular weight excluding hydrogens is 278 g/mol. The average Bonchev–Trinajstić information content (AvgIpc) is 2.21. The lowest BCUT2D eigenvalue weighted by molar-refractivity contribution is -0.132. The maximum Gasteiger partial charge on any atom is 0.227 e. The van der Waals surface area contributed by atoms with Gasteiger partial charge in [0.1, 0.15) is 5.82 Å². The summed E-state index contributed by atoms with van der Waals surface area (Å²) in [5.41, 5.74) is 0.276. The zero-order valence-corrected chi connectivity index (χ0v) is 11.5. The first-order valence-electron chi connectivity index (χ1n) is 5.49. The topological polar surface area (TPSA) is 32.3 Å². The molecule has 1 aliphatic heterocycles. The van der Waals surface area contributed by atoms with Crippen LogP contribution in [0.3, 0.4) is 0 Å². The van der Waals surface area contributed by atoms with E-state index in [1.807, 2.05) is 0 Å². The molecule has 1 aromatic rings. The largest absolute Gasteiger partial charge is 0.340 e. The summed E-state index contributed by atoms with van der Waals surface area (Å²) in [7, 11) is 1.74. The van der Waals surface area contributed by atoms with Crippen LogP contribution in [0.15, 0.2) is 18.2 Å². The van der Waals surface area contributed by atoms with Crippen LogP contribution >= 0.6 is 24.0 Å². The summed E-state index contributed by atoms with van der Waals surface area (Å²) in [5.74, 6) is -0.533. The van der Waals surface area contributed by atoms with E-state index in [1.54, 1.807) is 18.0 Å². The minimum atomic E-state index is -0.425. The maximum atomic E-state index is 13.5. The summed E-state index contributed by atoms with van der Waals surface area (Å²) >= 11 is 5.88.